The fourth-order valence-corrected chi connectivity index (χ4v) is 1.05. The summed E-state index contributed by atoms with van der Waals surface area (Å²) in [4.78, 5) is 11.2. The molecule has 0 aromatic heterocycles. The van der Waals surface area contributed by atoms with Crippen molar-refractivity contribution in [1.82, 2.24) is 10.6 Å². The molecule has 0 aliphatic carbocycles. The lowest BCUT2D eigenvalue weighted by Crippen LogP contribution is -2.38. The summed E-state index contributed by atoms with van der Waals surface area (Å²) in [6, 6.07) is -0.0856. The quantitative estimate of drug-likeness (QED) is 0.627. The molecular weight excluding hydrogens is 204 g/mol. The van der Waals surface area contributed by atoms with Gasteiger partial charge in [0.05, 0.1) is 0 Å². The monoisotopic (exact) mass is 230 g/mol. The van der Waals surface area contributed by atoms with Crippen LogP contribution < -0.4 is 10.6 Å². The first-order valence-electron chi connectivity index (χ1n) is 6.11. The van der Waals surface area contributed by atoms with Gasteiger partial charge in [-0.1, -0.05) is 27.7 Å². The summed E-state index contributed by atoms with van der Waals surface area (Å²) in [6.45, 7) is 11.3. The zero-order valence-corrected chi connectivity index (χ0v) is 11.0. The summed E-state index contributed by atoms with van der Waals surface area (Å²) in [5.74, 6) is 1.06. The zero-order chi connectivity index (χ0) is 12.4. The van der Waals surface area contributed by atoms with E-state index in [4.69, 9.17) is 4.74 Å². The van der Waals surface area contributed by atoms with Gasteiger partial charge in [0.25, 0.3) is 0 Å². The molecule has 0 atom stereocenters. The molecule has 0 radical (unpaired) electrons. The molecule has 4 nitrogen and oxygen atoms in total. The first-order valence-corrected chi connectivity index (χ1v) is 6.11. The molecule has 0 saturated carbocycles. The lowest BCUT2D eigenvalue weighted by Gasteiger charge is -2.10. The molecule has 0 aliphatic heterocycles. The van der Waals surface area contributed by atoms with Gasteiger partial charge in [-0.15, -0.1) is 0 Å². The molecule has 0 spiro atoms. The Morgan fingerprint density at radius 3 is 2.38 bits per heavy atom. The maximum absolute atomic E-state index is 11.2. The van der Waals surface area contributed by atoms with Gasteiger partial charge in [-0.25, -0.2) is 4.79 Å². The predicted octanol–water partition coefficient (Wildman–Crippen LogP) is 2.00. The molecular formula is C12H26N2O2. The summed E-state index contributed by atoms with van der Waals surface area (Å²) >= 11 is 0. The number of hydrogen-bond donors (Lipinski definition) is 2. The highest BCUT2D eigenvalue weighted by Gasteiger charge is 2.00. The summed E-state index contributed by atoms with van der Waals surface area (Å²) in [5, 5.41) is 5.60. The van der Waals surface area contributed by atoms with Crippen LogP contribution in [0.3, 0.4) is 0 Å². The van der Waals surface area contributed by atoms with Crippen molar-refractivity contribution in [1.29, 1.82) is 0 Å². The number of ether oxygens (including phenoxy) is 1. The van der Waals surface area contributed by atoms with E-state index in [0.717, 1.165) is 19.6 Å². The molecule has 0 rings (SSSR count). The van der Waals surface area contributed by atoms with Gasteiger partial charge in [-0.3, -0.25) is 0 Å². The highest BCUT2D eigenvalue weighted by Crippen LogP contribution is 1.92. The van der Waals surface area contributed by atoms with E-state index in [1.54, 1.807) is 0 Å². The topological polar surface area (TPSA) is 50.4 Å². The van der Waals surface area contributed by atoms with Gasteiger partial charge in [0, 0.05) is 26.3 Å². The molecule has 0 aliphatic rings. The maximum atomic E-state index is 11.2. The van der Waals surface area contributed by atoms with Gasteiger partial charge in [-0.05, 0) is 18.3 Å². The van der Waals surface area contributed by atoms with Gasteiger partial charge in [0.15, 0.2) is 0 Å². The van der Waals surface area contributed by atoms with E-state index in [-0.39, 0.29) is 6.03 Å². The molecule has 2 amide bonds. The van der Waals surface area contributed by atoms with E-state index in [1.807, 2.05) is 0 Å². The smallest absolute Gasteiger partial charge is 0.314 e. The number of hydrogen-bond acceptors (Lipinski definition) is 2. The van der Waals surface area contributed by atoms with Crippen molar-refractivity contribution in [2.45, 2.75) is 34.1 Å². The van der Waals surface area contributed by atoms with Crippen LogP contribution in [0, 0.1) is 11.8 Å². The van der Waals surface area contributed by atoms with E-state index < -0.39 is 0 Å². The zero-order valence-electron chi connectivity index (χ0n) is 11.0. The predicted molar refractivity (Wildman–Crippen MR) is 66.5 cm³/mol. The Kier molecular flexibility index (Phi) is 9.00. The molecule has 0 aromatic carbocycles. The van der Waals surface area contributed by atoms with Gasteiger partial charge in [0.1, 0.15) is 0 Å². The number of nitrogens with one attached hydrogen (secondary N) is 2. The average Bonchev–Trinajstić information content (AvgIpc) is 2.19. The van der Waals surface area contributed by atoms with Gasteiger partial charge in [-0.2, -0.15) is 0 Å². The Morgan fingerprint density at radius 1 is 1.12 bits per heavy atom. The van der Waals surface area contributed by atoms with Crippen molar-refractivity contribution in [3.8, 4) is 0 Å². The molecule has 0 saturated heterocycles. The third-order valence-corrected chi connectivity index (χ3v) is 1.87. The van der Waals surface area contributed by atoms with Gasteiger partial charge in [0.2, 0.25) is 0 Å². The minimum Gasteiger partial charge on any atom is -0.381 e. The highest BCUT2D eigenvalue weighted by atomic mass is 16.5. The van der Waals surface area contributed by atoms with Gasteiger partial charge >= 0.3 is 6.03 Å². The fraction of sp³-hybridized carbons (Fsp3) is 0.917. The van der Waals surface area contributed by atoms with Crippen molar-refractivity contribution in [2.24, 2.45) is 11.8 Å². The lowest BCUT2D eigenvalue weighted by molar-refractivity contribution is 0.108. The molecule has 0 unspecified atom stereocenters. The molecule has 0 heterocycles. The summed E-state index contributed by atoms with van der Waals surface area (Å²) in [6.07, 6.45) is 0.863. The van der Waals surface area contributed by atoms with Crippen LogP contribution >= 0.6 is 0 Å². The van der Waals surface area contributed by atoms with Crippen molar-refractivity contribution in [3.63, 3.8) is 0 Å². The number of urea groups is 1. The number of carbonyl (C=O) groups is 1. The second kappa shape index (κ2) is 9.46. The molecule has 16 heavy (non-hydrogen) atoms. The number of amides is 2. The molecule has 0 fully saturated rings. The molecule has 0 bridgehead atoms. The van der Waals surface area contributed by atoms with Crippen LogP contribution in [0.5, 0.6) is 0 Å². The van der Waals surface area contributed by atoms with Crippen LogP contribution in [0.25, 0.3) is 0 Å². The van der Waals surface area contributed by atoms with Crippen molar-refractivity contribution < 1.29 is 9.53 Å². The van der Waals surface area contributed by atoms with Crippen LogP contribution in [0.15, 0.2) is 0 Å². The highest BCUT2D eigenvalue weighted by molar-refractivity contribution is 5.73. The van der Waals surface area contributed by atoms with Crippen LogP contribution in [-0.4, -0.2) is 32.3 Å². The first kappa shape index (κ1) is 15.2. The van der Waals surface area contributed by atoms with Crippen LogP contribution in [0.4, 0.5) is 4.79 Å². The largest absolute Gasteiger partial charge is 0.381 e. The number of rotatable bonds is 8. The van der Waals surface area contributed by atoms with E-state index >= 15 is 0 Å². The van der Waals surface area contributed by atoms with Crippen molar-refractivity contribution >= 4 is 6.03 Å². The Hall–Kier alpha value is -0.770. The first-order chi connectivity index (χ1) is 7.52. The molecule has 0 aromatic rings. The normalized spacial score (nSPS) is 10.9. The third kappa shape index (κ3) is 11.3. The maximum Gasteiger partial charge on any atom is 0.314 e. The van der Waals surface area contributed by atoms with E-state index in [1.165, 1.54) is 0 Å². The van der Waals surface area contributed by atoms with Crippen LogP contribution in [0.1, 0.15) is 34.1 Å². The number of carbonyl (C=O) groups excluding carboxylic acids is 1. The summed E-state index contributed by atoms with van der Waals surface area (Å²) in [5.41, 5.74) is 0. The Labute approximate surface area is 99.1 Å². The minimum atomic E-state index is -0.0856. The van der Waals surface area contributed by atoms with Gasteiger partial charge < -0.3 is 15.4 Å². The SMILES string of the molecule is CC(C)CNC(=O)NCCCOCC(C)C. The second-order valence-corrected chi connectivity index (χ2v) is 4.85. The van der Waals surface area contributed by atoms with E-state index in [0.29, 0.717) is 25.0 Å². The standard InChI is InChI=1S/C12H26N2O2/c1-10(2)8-14-12(15)13-6-5-7-16-9-11(3)4/h10-11H,5-9H2,1-4H3,(H2,13,14,15). The molecule has 2 N–H and O–H groups in total. The Balaban J connectivity index is 3.21. The average molecular weight is 230 g/mol. The van der Waals surface area contributed by atoms with E-state index in [9.17, 15) is 4.79 Å². The fourth-order valence-electron chi connectivity index (χ4n) is 1.05. The lowest BCUT2D eigenvalue weighted by atomic mass is 10.2. The van der Waals surface area contributed by atoms with Crippen molar-refractivity contribution in [3.05, 3.63) is 0 Å². The Morgan fingerprint density at radius 2 is 1.81 bits per heavy atom. The summed E-state index contributed by atoms with van der Waals surface area (Å²) in [7, 11) is 0. The third-order valence-electron chi connectivity index (χ3n) is 1.87. The van der Waals surface area contributed by atoms with Crippen molar-refractivity contribution in [2.75, 3.05) is 26.3 Å². The Bertz CT molecular complexity index is 182. The van der Waals surface area contributed by atoms with Crippen LogP contribution in [0.2, 0.25) is 0 Å². The van der Waals surface area contributed by atoms with Crippen LogP contribution in [-0.2, 0) is 4.74 Å². The minimum absolute atomic E-state index is 0.0856. The summed E-state index contributed by atoms with van der Waals surface area (Å²) < 4.78 is 5.40. The molecule has 4 heteroatoms. The molecule has 96 valence electrons. The second-order valence-electron chi connectivity index (χ2n) is 4.85. The van der Waals surface area contributed by atoms with E-state index in [2.05, 4.69) is 38.3 Å².